The van der Waals surface area contributed by atoms with Gasteiger partial charge in [-0.2, -0.15) is 0 Å². The van der Waals surface area contributed by atoms with Crippen LogP contribution in [0.4, 0.5) is 5.69 Å². The Bertz CT molecular complexity index is 374. The van der Waals surface area contributed by atoms with Crippen molar-refractivity contribution < 1.29 is 19.9 Å². The van der Waals surface area contributed by atoms with Crippen LogP contribution in [0.25, 0.3) is 0 Å². The molecule has 0 unspecified atom stereocenters. The predicted octanol–water partition coefficient (Wildman–Crippen LogP) is 0.390. The molecule has 0 aliphatic rings. The second kappa shape index (κ2) is 3.95. The molecule has 0 heterocycles. The molecule has 2 N–H and O–H groups in total. The summed E-state index contributed by atoms with van der Waals surface area (Å²) in [5.74, 6) is 0. The Balaban J connectivity index is 3.30. The number of carbonyl (C=O) groups is 1. The molecule has 0 aliphatic heterocycles. The van der Waals surface area contributed by atoms with Crippen molar-refractivity contribution >= 4 is 12.0 Å². The van der Waals surface area contributed by atoms with Gasteiger partial charge in [0.2, 0.25) is 0 Å². The van der Waals surface area contributed by atoms with Crippen LogP contribution in [-0.4, -0.2) is 21.4 Å². The number of aldehydes is 1. The Kier molecular flexibility index (Phi) is 2.90. The summed E-state index contributed by atoms with van der Waals surface area (Å²) in [4.78, 5) is 20.0. The summed E-state index contributed by atoms with van der Waals surface area (Å²) in [5, 5.41) is 28.0. The van der Waals surface area contributed by atoms with Crippen molar-refractivity contribution in [2.24, 2.45) is 0 Å². The Labute approximate surface area is 78.6 Å². The highest BCUT2D eigenvalue weighted by Gasteiger charge is 2.18. The van der Waals surface area contributed by atoms with Gasteiger partial charge in [0.15, 0.2) is 6.29 Å². The molecule has 14 heavy (non-hydrogen) atoms. The van der Waals surface area contributed by atoms with E-state index in [0.29, 0.717) is 6.29 Å². The van der Waals surface area contributed by atoms with Crippen molar-refractivity contribution in [2.75, 3.05) is 0 Å². The first kappa shape index (κ1) is 10.3. The van der Waals surface area contributed by atoms with E-state index in [-0.39, 0.29) is 11.1 Å². The van der Waals surface area contributed by atoms with Crippen LogP contribution in [0.3, 0.4) is 0 Å². The first-order valence-corrected chi connectivity index (χ1v) is 3.66. The van der Waals surface area contributed by atoms with E-state index in [1.54, 1.807) is 0 Å². The van der Waals surface area contributed by atoms with E-state index in [4.69, 9.17) is 10.2 Å². The van der Waals surface area contributed by atoms with E-state index < -0.39 is 16.9 Å². The minimum atomic E-state index is -1.96. The number of nitro benzene ring substituents is 1. The van der Waals surface area contributed by atoms with Gasteiger partial charge in [0, 0.05) is 11.6 Å². The summed E-state index contributed by atoms with van der Waals surface area (Å²) in [6.45, 7) is 0. The average molecular weight is 197 g/mol. The zero-order valence-electron chi connectivity index (χ0n) is 6.95. The fraction of sp³-hybridized carbons (Fsp3) is 0.125. The molecule has 1 rings (SSSR count). The third-order valence-corrected chi connectivity index (χ3v) is 1.66. The zero-order chi connectivity index (χ0) is 10.7. The van der Waals surface area contributed by atoms with E-state index in [1.165, 1.54) is 6.07 Å². The summed E-state index contributed by atoms with van der Waals surface area (Å²) in [6.07, 6.45) is -1.49. The molecule has 0 aromatic heterocycles. The first-order valence-electron chi connectivity index (χ1n) is 3.66. The minimum absolute atomic E-state index is 0.152. The quantitative estimate of drug-likeness (QED) is 0.316. The molecule has 6 heteroatoms. The molecule has 0 atom stereocenters. The van der Waals surface area contributed by atoms with Gasteiger partial charge in [0.25, 0.3) is 5.69 Å². The standard InChI is InChI=1S/C8H7NO5/c10-4-5-1-2-7(9(13)14)6(3-5)8(11)12/h1-4,8,11-12H. The molecule has 74 valence electrons. The maximum absolute atomic E-state index is 10.4. The largest absolute Gasteiger partial charge is 0.364 e. The molecule has 0 aliphatic carbocycles. The van der Waals surface area contributed by atoms with Crippen LogP contribution >= 0.6 is 0 Å². The van der Waals surface area contributed by atoms with Crippen LogP contribution in [-0.2, 0) is 0 Å². The highest BCUT2D eigenvalue weighted by atomic mass is 16.6. The first-order chi connectivity index (χ1) is 6.56. The van der Waals surface area contributed by atoms with Crippen LogP contribution in [0.15, 0.2) is 18.2 Å². The highest BCUT2D eigenvalue weighted by molar-refractivity contribution is 5.76. The molecule has 0 bridgehead atoms. The van der Waals surface area contributed by atoms with Crippen LogP contribution in [0.2, 0.25) is 0 Å². The van der Waals surface area contributed by atoms with Crippen molar-refractivity contribution in [3.63, 3.8) is 0 Å². The Hall–Kier alpha value is -1.79. The molecular weight excluding hydrogens is 190 g/mol. The average Bonchev–Trinajstić information content (AvgIpc) is 2.16. The van der Waals surface area contributed by atoms with Crippen molar-refractivity contribution in [3.05, 3.63) is 39.4 Å². The smallest absolute Gasteiger partial charge is 0.277 e. The van der Waals surface area contributed by atoms with E-state index in [1.807, 2.05) is 0 Å². The number of benzene rings is 1. The van der Waals surface area contributed by atoms with Crippen molar-refractivity contribution in [2.45, 2.75) is 6.29 Å². The number of hydrogen-bond acceptors (Lipinski definition) is 5. The van der Waals surface area contributed by atoms with Gasteiger partial charge in [-0.3, -0.25) is 14.9 Å². The molecule has 0 saturated heterocycles. The number of nitro groups is 1. The van der Waals surface area contributed by atoms with Crippen LogP contribution in [0.1, 0.15) is 22.2 Å². The van der Waals surface area contributed by atoms with Crippen LogP contribution in [0, 0.1) is 10.1 Å². The molecule has 0 radical (unpaired) electrons. The third-order valence-electron chi connectivity index (χ3n) is 1.66. The maximum Gasteiger partial charge on any atom is 0.277 e. The normalized spacial score (nSPS) is 10.2. The van der Waals surface area contributed by atoms with Gasteiger partial charge < -0.3 is 10.2 Å². The highest BCUT2D eigenvalue weighted by Crippen LogP contribution is 2.24. The molecule has 0 saturated carbocycles. The Morgan fingerprint density at radius 1 is 1.43 bits per heavy atom. The monoisotopic (exact) mass is 197 g/mol. The number of carbonyl (C=O) groups excluding carboxylic acids is 1. The lowest BCUT2D eigenvalue weighted by Crippen LogP contribution is -2.02. The van der Waals surface area contributed by atoms with Gasteiger partial charge in [-0.15, -0.1) is 0 Å². The lowest BCUT2D eigenvalue weighted by molar-refractivity contribution is -0.386. The molecule has 1 aromatic carbocycles. The lowest BCUT2D eigenvalue weighted by Gasteiger charge is -2.04. The van der Waals surface area contributed by atoms with Gasteiger partial charge >= 0.3 is 0 Å². The van der Waals surface area contributed by atoms with E-state index in [0.717, 1.165) is 12.1 Å². The van der Waals surface area contributed by atoms with Gasteiger partial charge in [-0.1, -0.05) is 0 Å². The molecule has 1 aromatic rings. The topological polar surface area (TPSA) is 101 Å². The fourth-order valence-electron chi connectivity index (χ4n) is 1.02. The number of aliphatic hydroxyl groups excluding tert-OH is 1. The minimum Gasteiger partial charge on any atom is -0.364 e. The number of hydrogen-bond donors (Lipinski definition) is 2. The molecule has 0 amide bonds. The summed E-state index contributed by atoms with van der Waals surface area (Å²) < 4.78 is 0. The van der Waals surface area contributed by atoms with Crippen molar-refractivity contribution in [1.82, 2.24) is 0 Å². The van der Waals surface area contributed by atoms with Crippen molar-refractivity contribution in [1.29, 1.82) is 0 Å². The summed E-state index contributed by atoms with van der Waals surface area (Å²) >= 11 is 0. The summed E-state index contributed by atoms with van der Waals surface area (Å²) in [6, 6.07) is 3.35. The number of nitrogens with zero attached hydrogens (tertiary/aromatic N) is 1. The summed E-state index contributed by atoms with van der Waals surface area (Å²) in [5.41, 5.74) is -0.566. The van der Waals surface area contributed by atoms with Crippen molar-refractivity contribution in [3.8, 4) is 0 Å². The third kappa shape index (κ3) is 1.93. The predicted molar refractivity (Wildman–Crippen MR) is 45.7 cm³/mol. The Morgan fingerprint density at radius 2 is 2.07 bits per heavy atom. The molecule has 6 nitrogen and oxygen atoms in total. The van der Waals surface area contributed by atoms with Gasteiger partial charge in [0.1, 0.15) is 6.29 Å². The van der Waals surface area contributed by atoms with Gasteiger partial charge in [-0.25, -0.2) is 0 Å². The molecule has 0 spiro atoms. The van der Waals surface area contributed by atoms with E-state index in [9.17, 15) is 14.9 Å². The number of rotatable bonds is 3. The zero-order valence-corrected chi connectivity index (χ0v) is 6.95. The molecular formula is C8H7NO5. The van der Waals surface area contributed by atoms with Crippen LogP contribution in [0.5, 0.6) is 0 Å². The second-order valence-corrected chi connectivity index (χ2v) is 2.57. The maximum atomic E-state index is 10.4. The van der Waals surface area contributed by atoms with Gasteiger partial charge in [0.05, 0.1) is 10.5 Å². The fourth-order valence-corrected chi connectivity index (χ4v) is 1.02. The lowest BCUT2D eigenvalue weighted by atomic mass is 10.1. The second-order valence-electron chi connectivity index (χ2n) is 2.57. The number of aliphatic hydroxyl groups is 2. The Morgan fingerprint density at radius 3 is 2.50 bits per heavy atom. The molecule has 0 fully saturated rings. The van der Waals surface area contributed by atoms with E-state index in [2.05, 4.69) is 0 Å². The van der Waals surface area contributed by atoms with Crippen LogP contribution < -0.4 is 0 Å². The SMILES string of the molecule is O=Cc1ccc([N+](=O)[O-])c(C(O)O)c1. The van der Waals surface area contributed by atoms with E-state index >= 15 is 0 Å². The summed E-state index contributed by atoms with van der Waals surface area (Å²) in [7, 11) is 0. The van der Waals surface area contributed by atoms with Gasteiger partial charge in [-0.05, 0) is 12.1 Å².